The highest BCUT2D eigenvalue weighted by Crippen LogP contribution is 2.38. The minimum atomic E-state index is -0.657. The van der Waals surface area contributed by atoms with E-state index in [2.05, 4.69) is 20.6 Å². The topological polar surface area (TPSA) is 107 Å². The third kappa shape index (κ3) is 4.85. The highest BCUT2D eigenvalue weighted by Gasteiger charge is 2.37. The van der Waals surface area contributed by atoms with E-state index in [1.807, 2.05) is 42.5 Å². The van der Waals surface area contributed by atoms with Gasteiger partial charge >= 0.3 is 0 Å². The second-order valence-electron chi connectivity index (χ2n) is 8.96. The van der Waals surface area contributed by atoms with Gasteiger partial charge in [-0.05, 0) is 36.0 Å². The lowest BCUT2D eigenvalue weighted by Crippen LogP contribution is -2.43. The zero-order valence-corrected chi connectivity index (χ0v) is 20.0. The van der Waals surface area contributed by atoms with Crippen molar-refractivity contribution < 1.29 is 14.7 Å². The molecule has 1 fully saturated rings. The monoisotopic (exact) mass is 491 g/mol. The maximum absolute atomic E-state index is 13.2. The van der Waals surface area contributed by atoms with E-state index >= 15 is 0 Å². The highest BCUT2D eigenvalue weighted by molar-refractivity contribution is 6.33. The van der Waals surface area contributed by atoms with Crippen molar-refractivity contribution in [2.75, 3.05) is 18.9 Å². The summed E-state index contributed by atoms with van der Waals surface area (Å²) in [6.07, 6.45) is 2.76. The van der Waals surface area contributed by atoms with Crippen molar-refractivity contribution >= 4 is 29.4 Å². The standard InChI is InChI=1S/C26H26ClN5O3/c1-28-26-29-12-20(27)22(31-26)17-9-10-18-13-32(25(35)19(18)11-17)14-21(33)30-23(24(34)16-7-8-16)15-5-3-2-4-6-15/h2-6,9-12,16,23-24,34H,7-8,13-14H2,1H3,(H,30,33)(H,28,29,31). The molecule has 3 aromatic rings. The summed E-state index contributed by atoms with van der Waals surface area (Å²) in [6.45, 7) is 0.240. The number of nitrogens with one attached hydrogen (secondary N) is 2. The van der Waals surface area contributed by atoms with Crippen molar-refractivity contribution in [3.05, 3.63) is 76.4 Å². The summed E-state index contributed by atoms with van der Waals surface area (Å²) < 4.78 is 0. The van der Waals surface area contributed by atoms with Gasteiger partial charge in [-0.15, -0.1) is 0 Å². The molecule has 1 aliphatic carbocycles. The summed E-state index contributed by atoms with van der Waals surface area (Å²) in [5, 5.41) is 17.0. The summed E-state index contributed by atoms with van der Waals surface area (Å²) in [5.41, 5.74) is 3.43. The molecule has 8 nitrogen and oxygen atoms in total. The maximum Gasteiger partial charge on any atom is 0.254 e. The first-order valence-corrected chi connectivity index (χ1v) is 12.0. The number of halogens is 1. The van der Waals surface area contributed by atoms with Crippen LogP contribution in [-0.4, -0.2) is 51.5 Å². The first-order valence-electron chi connectivity index (χ1n) is 11.6. The zero-order valence-electron chi connectivity index (χ0n) is 19.2. The van der Waals surface area contributed by atoms with Crippen molar-refractivity contribution in [1.29, 1.82) is 0 Å². The van der Waals surface area contributed by atoms with E-state index in [9.17, 15) is 14.7 Å². The molecule has 9 heteroatoms. The van der Waals surface area contributed by atoms with Crippen LogP contribution in [0.3, 0.4) is 0 Å². The van der Waals surface area contributed by atoms with Gasteiger partial charge in [0.15, 0.2) is 0 Å². The molecular weight excluding hydrogens is 466 g/mol. The van der Waals surface area contributed by atoms with Crippen LogP contribution in [0.4, 0.5) is 5.95 Å². The van der Waals surface area contributed by atoms with Gasteiger partial charge < -0.3 is 20.6 Å². The Labute approximate surface area is 208 Å². The summed E-state index contributed by atoms with van der Waals surface area (Å²) in [6, 6.07) is 14.4. The number of hydrogen-bond donors (Lipinski definition) is 3. The molecule has 0 bridgehead atoms. The van der Waals surface area contributed by atoms with Gasteiger partial charge in [-0.1, -0.05) is 54.1 Å². The molecular formula is C26H26ClN5O3. The van der Waals surface area contributed by atoms with Crippen LogP contribution >= 0.6 is 11.6 Å². The molecule has 1 aliphatic heterocycles. The number of benzene rings is 2. The average Bonchev–Trinajstić information content (AvgIpc) is 3.68. The lowest BCUT2D eigenvalue weighted by Gasteiger charge is -2.26. The van der Waals surface area contributed by atoms with Crippen molar-refractivity contribution in [3.8, 4) is 11.3 Å². The summed E-state index contributed by atoms with van der Waals surface area (Å²) in [4.78, 5) is 36.1. The number of aromatic nitrogens is 2. The normalized spacial score (nSPS) is 16.5. The number of nitrogens with zero attached hydrogens (tertiary/aromatic N) is 3. The molecule has 0 radical (unpaired) electrons. The molecule has 2 atom stereocenters. The Morgan fingerprint density at radius 2 is 2.00 bits per heavy atom. The molecule has 35 heavy (non-hydrogen) atoms. The van der Waals surface area contributed by atoms with E-state index in [4.69, 9.17) is 11.6 Å². The number of aliphatic hydroxyl groups excluding tert-OH is 1. The molecule has 2 aliphatic rings. The van der Waals surface area contributed by atoms with E-state index in [0.29, 0.717) is 34.3 Å². The number of fused-ring (bicyclic) bond motifs is 1. The van der Waals surface area contributed by atoms with Crippen molar-refractivity contribution in [2.24, 2.45) is 5.92 Å². The van der Waals surface area contributed by atoms with Crippen LogP contribution in [0.2, 0.25) is 5.02 Å². The third-order valence-electron chi connectivity index (χ3n) is 6.49. The van der Waals surface area contributed by atoms with Crippen LogP contribution in [0.15, 0.2) is 54.7 Å². The van der Waals surface area contributed by atoms with E-state index < -0.39 is 12.1 Å². The number of anilines is 1. The van der Waals surface area contributed by atoms with E-state index in [-0.39, 0.29) is 24.3 Å². The molecule has 2 amide bonds. The van der Waals surface area contributed by atoms with Gasteiger partial charge in [-0.25, -0.2) is 9.97 Å². The summed E-state index contributed by atoms with van der Waals surface area (Å²) in [7, 11) is 1.72. The van der Waals surface area contributed by atoms with Gasteiger partial charge in [0.1, 0.15) is 6.54 Å². The SMILES string of the molecule is CNc1ncc(Cl)c(-c2ccc3c(c2)C(=O)N(CC(=O)NC(c2ccccc2)C(O)C2CC2)C3)n1. The molecule has 2 heterocycles. The maximum atomic E-state index is 13.2. The number of carbonyl (C=O) groups is 2. The van der Waals surface area contributed by atoms with Crippen molar-refractivity contribution in [1.82, 2.24) is 20.2 Å². The number of amides is 2. The Hall–Kier alpha value is -3.49. The fourth-order valence-corrected chi connectivity index (χ4v) is 4.65. The van der Waals surface area contributed by atoms with Crippen LogP contribution in [0.5, 0.6) is 0 Å². The number of aliphatic hydroxyl groups is 1. The smallest absolute Gasteiger partial charge is 0.254 e. The first kappa shape index (κ1) is 23.3. The molecule has 0 spiro atoms. The average molecular weight is 492 g/mol. The van der Waals surface area contributed by atoms with E-state index in [0.717, 1.165) is 24.0 Å². The van der Waals surface area contributed by atoms with Crippen molar-refractivity contribution in [3.63, 3.8) is 0 Å². The van der Waals surface area contributed by atoms with Gasteiger partial charge in [0.05, 0.1) is 29.1 Å². The van der Waals surface area contributed by atoms with Gasteiger partial charge in [0.25, 0.3) is 5.91 Å². The Morgan fingerprint density at radius 3 is 2.71 bits per heavy atom. The molecule has 180 valence electrons. The molecule has 1 saturated carbocycles. The van der Waals surface area contributed by atoms with Crippen LogP contribution < -0.4 is 10.6 Å². The van der Waals surface area contributed by atoms with E-state index in [1.165, 1.54) is 11.1 Å². The zero-order chi connectivity index (χ0) is 24.5. The Morgan fingerprint density at radius 1 is 1.23 bits per heavy atom. The Kier molecular flexibility index (Phi) is 6.40. The molecule has 0 saturated heterocycles. The first-order chi connectivity index (χ1) is 16.9. The summed E-state index contributed by atoms with van der Waals surface area (Å²) >= 11 is 6.30. The molecule has 2 unspecified atom stereocenters. The predicted molar refractivity (Wildman–Crippen MR) is 133 cm³/mol. The van der Waals surface area contributed by atoms with Gasteiger partial charge in [-0.2, -0.15) is 0 Å². The number of hydrogen-bond acceptors (Lipinski definition) is 6. The Balaban J connectivity index is 1.31. The minimum Gasteiger partial charge on any atom is -0.390 e. The minimum absolute atomic E-state index is 0.0955. The quantitative estimate of drug-likeness (QED) is 0.445. The van der Waals surface area contributed by atoms with Crippen LogP contribution in [0.25, 0.3) is 11.3 Å². The van der Waals surface area contributed by atoms with Crippen molar-refractivity contribution in [2.45, 2.75) is 31.5 Å². The van der Waals surface area contributed by atoms with Gasteiger partial charge in [0, 0.05) is 24.7 Å². The van der Waals surface area contributed by atoms with Gasteiger partial charge in [-0.3, -0.25) is 9.59 Å². The lowest BCUT2D eigenvalue weighted by molar-refractivity contribution is -0.123. The summed E-state index contributed by atoms with van der Waals surface area (Å²) in [5.74, 6) is 0.0805. The third-order valence-corrected chi connectivity index (χ3v) is 6.76. The molecule has 3 N–H and O–H groups in total. The fourth-order valence-electron chi connectivity index (χ4n) is 4.45. The highest BCUT2D eigenvalue weighted by atomic mass is 35.5. The Bertz CT molecular complexity index is 1270. The lowest BCUT2D eigenvalue weighted by atomic mass is 9.98. The van der Waals surface area contributed by atoms with Crippen LogP contribution in [0, 0.1) is 5.92 Å². The molecule has 2 aromatic carbocycles. The van der Waals surface area contributed by atoms with Crippen LogP contribution in [0.1, 0.15) is 40.4 Å². The van der Waals surface area contributed by atoms with E-state index in [1.54, 1.807) is 13.1 Å². The molecule has 1 aromatic heterocycles. The second-order valence-corrected chi connectivity index (χ2v) is 9.36. The largest absolute Gasteiger partial charge is 0.390 e. The predicted octanol–water partition coefficient (Wildman–Crippen LogP) is 3.42. The van der Waals surface area contributed by atoms with Gasteiger partial charge in [0.2, 0.25) is 11.9 Å². The fraction of sp³-hybridized carbons (Fsp3) is 0.308. The van der Waals surface area contributed by atoms with Crippen LogP contribution in [-0.2, 0) is 11.3 Å². The molecule has 5 rings (SSSR count). The number of rotatable bonds is 8. The second kappa shape index (κ2) is 9.64. The number of carbonyl (C=O) groups excluding carboxylic acids is 2.